The molecule has 0 fully saturated rings. The number of ether oxygens (including phenoxy) is 2. The monoisotopic (exact) mass is 329 g/mol. The molecule has 0 bridgehead atoms. The maximum atomic E-state index is 12.2. The van der Waals surface area contributed by atoms with Gasteiger partial charge in [0.25, 0.3) is 0 Å². The minimum absolute atomic E-state index is 0.402. The van der Waals surface area contributed by atoms with Crippen LogP contribution >= 0.6 is 0 Å². The number of ketones is 1. The SMILES string of the molecule is COC(=O)Cn1c(=O)n(CC(C)=O)c(=O)n(CC(=O)OC)c1=O. The zero-order chi connectivity index (χ0) is 17.7. The number of carbonyl (C=O) groups excluding carboxylic acids is 3. The van der Waals surface area contributed by atoms with Crippen molar-refractivity contribution in [3.8, 4) is 0 Å². The molecule has 0 atom stereocenters. The fourth-order valence-corrected chi connectivity index (χ4v) is 1.70. The predicted molar refractivity (Wildman–Crippen MR) is 73.9 cm³/mol. The van der Waals surface area contributed by atoms with Gasteiger partial charge in [-0.1, -0.05) is 0 Å². The summed E-state index contributed by atoms with van der Waals surface area (Å²) in [7, 11) is 2.10. The Morgan fingerprint density at radius 3 is 1.30 bits per heavy atom. The zero-order valence-corrected chi connectivity index (χ0v) is 12.7. The highest BCUT2D eigenvalue weighted by molar-refractivity contribution is 5.75. The summed E-state index contributed by atoms with van der Waals surface area (Å²) in [5.74, 6) is -2.36. The third-order valence-electron chi connectivity index (χ3n) is 2.80. The second kappa shape index (κ2) is 7.33. The van der Waals surface area contributed by atoms with Crippen molar-refractivity contribution in [3.63, 3.8) is 0 Å². The lowest BCUT2D eigenvalue weighted by molar-refractivity contribution is -0.141. The van der Waals surface area contributed by atoms with Gasteiger partial charge >= 0.3 is 29.0 Å². The number of hydrogen-bond acceptors (Lipinski definition) is 8. The Morgan fingerprint density at radius 2 is 1.04 bits per heavy atom. The fourth-order valence-electron chi connectivity index (χ4n) is 1.70. The number of carbonyl (C=O) groups is 3. The molecule has 0 saturated heterocycles. The van der Waals surface area contributed by atoms with Crippen LogP contribution in [0.25, 0.3) is 0 Å². The van der Waals surface area contributed by atoms with E-state index < -0.39 is 54.4 Å². The first-order chi connectivity index (χ1) is 10.7. The second-order valence-corrected chi connectivity index (χ2v) is 4.46. The predicted octanol–water partition coefficient (Wildman–Crippen LogP) is -2.89. The van der Waals surface area contributed by atoms with E-state index in [1.807, 2.05) is 0 Å². The van der Waals surface area contributed by atoms with Crippen molar-refractivity contribution in [2.45, 2.75) is 26.6 Å². The summed E-state index contributed by atoms with van der Waals surface area (Å²) in [5.41, 5.74) is -3.49. The topological polar surface area (TPSA) is 136 Å². The van der Waals surface area contributed by atoms with Crippen molar-refractivity contribution in [3.05, 3.63) is 31.5 Å². The Morgan fingerprint density at radius 1 is 0.739 bits per heavy atom. The molecule has 11 heteroatoms. The van der Waals surface area contributed by atoms with Gasteiger partial charge in [0, 0.05) is 0 Å². The Bertz CT molecular complexity index is 757. The van der Waals surface area contributed by atoms with Crippen LogP contribution in [0.5, 0.6) is 0 Å². The highest BCUT2D eigenvalue weighted by atomic mass is 16.5. The quantitative estimate of drug-likeness (QED) is 0.507. The molecule has 0 spiro atoms. The highest BCUT2D eigenvalue weighted by Crippen LogP contribution is 1.83. The minimum atomic E-state index is -1.18. The molecule has 0 aliphatic carbocycles. The average molecular weight is 329 g/mol. The molecule has 1 heterocycles. The number of aromatic nitrogens is 3. The third kappa shape index (κ3) is 4.02. The summed E-state index contributed by atoms with van der Waals surface area (Å²) in [6, 6.07) is 0. The van der Waals surface area contributed by atoms with Crippen molar-refractivity contribution in [2.75, 3.05) is 14.2 Å². The van der Waals surface area contributed by atoms with Crippen molar-refractivity contribution in [1.82, 2.24) is 13.7 Å². The molecular weight excluding hydrogens is 314 g/mol. The smallest absolute Gasteiger partial charge is 0.337 e. The number of methoxy groups -OCH3 is 2. The van der Waals surface area contributed by atoms with E-state index in [4.69, 9.17) is 0 Å². The van der Waals surface area contributed by atoms with Crippen molar-refractivity contribution >= 4 is 17.7 Å². The van der Waals surface area contributed by atoms with Crippen LogP contribution in [0.15, 0.2) is 14.4 Å². The lowest BCUT2D eigenvalue weighted by Gasteiger charge is -2.11. The van der Waals surface area contributed by atoms with Gasteiger partial charge in [-0.25, -0.2) is 28.1 Å². The van der Waals surface area contributed by atoms with Crippen LogP contribution in [0.2, 0.25) is 0 Å². The molecule has 1 rings (SSSR count). The zero-order valence-electron chi connectivity index (χ0n) is 12.7. The number of Topliss-reactive ketones (excluding diaryl/α,β-unsaturated/α-hetero) is 1. The van der Waals surface area contributed by atoms with Gasteiger partial charge in [0.15, 0.2) is 0 Å². The molecule has 0 aromatic carbocycles. The number of hydrogen-bond donors (Lipinski definition) is 0. The molecule has 1 aromatic heterocycles. The van der Waals surface area contributed by atoms with Gasteiger partial charge in [-0.3, -0.25) is 14.4 Å². The van der Waals surface area contributed by atoms with Crippen LogP contribution in [0.4, 0.5) is 0 Å². The third-order valence-corrected chi connectivity index (χ3v) is 2.80. The van der Waals surface area contributed by atoms with Gasteiger partial charge in [0.05, 0.1) is 20.8 Å². The van der Waals surface area contributed by atoms with Crippen molar-refractivity contribution in [2.24, 2.45) is 0 Å². The van der Waals surface area contributed by atoms with E-state index in [1.54, 1.807) is 0 Å². The van der Waals surface area contributed by atoms with Gasteiger partial charge in [0.1, 0.15) is 18.9 Å². The van der Waals surface area contributed by atoms with Crippen LogP contribution in [0, 0.1) is 0 Å². The van der Waals surface area contributed by atoms with Crippen LogP contribution in [-0.2, 0) is 43.5 Å². The lowest BCUT2D eigenvalue weighted by atomic mass is 10.4. The molecule has 11 nitrogen and oxygen atoms in total. The maximum absolute atomic E-state index is 12.2. The largest absolute Gasteiger partial charge is 0.468 e. The number of nitrogens with zero attached hydrogens (tertiary/aromatic N) is 3. The van der Waals surface area contributed by atoms with E-state index in [2.05, 4.69) is 9.47 Å². The maximum Gasteiger partial charge on any atom is 0.337 e. The lowest BCUT2D eigenvalue weighted by Crippen LogP contribution is -2.56. The van der Waals surface area contributed by atoms with E-state index in [-0.39, 0.29) is 0 Å². The standard InChI is InChI=1S/C12H15N3O8/c1-7(16)4-13-10(19)14(5-8(17)22-2)12(21)15(11(13)20)6-9(18)23-3/h4-6H2,1-3H3. The van der Waals surface area contributed by atoms with E-state index >= 15 is 0 Å². The first-order valence-corrected chi connectivity index (χ1v) is 6.30. The molecule has 0 radical (unpaired) electrons. The van der Waals surface area contributed by atoms with Gasteiger partial charge in [0.2, 0.25) is 0 Å². The summed E-state index contributed by atoms with van der Waals surface area (Å²) in [6.07, 6.45) is 0. The normalized spacial score (nSPS) is 10.2. The van der Waals surface area contributed by atoms with Gasteiger partial charge in [-0.2, -0.15) is 0 Å². The van der Waals surface area contributed by atoms with E-state index in [0.717, 1.165) is 21.1 Å². The van der Waals surface area contributed by atoms with Crippen LogP contribution in [-0.4, -0.2) is 45.6 Å². The summed E-state index contributed by atoms with van der Waals surface area (Å²) >= 11 is 0. The second-order valence-electron chi connectivity index (χ2n) is 4.46. The van der Waals surface area contributed by atoms with Gasteiger partial charge in [-0.05, 0) is 6.92 Å². The van der Waals surface area contributed by atoms with E-state index in [0.29, 0.717) is 13.7 Å². The van der Waals surface area contributed by atoms with Gasteiger partial charge in [-0.15, -0.1) is 0 Å². The Labute approximate surface area is 128 Å². The van der Waals surface area contributed by atoms with Crippen molar-refractivity contribution < 1.29 is 23.9 Å². The Kier molecular flexibility index (Phi) is 5.76. The van der Waals surface area contributed by atoms with Crippen molar-refractivity contribution in [1.29, 1.82) is 0 Å². The fraction of sp³-hybridized carbons (Fsp3) is 0.500. The number of esters is 2. The molecule has 126 valence electrons. The van der Waals surface area contributed by atoms with Crippen LogP contribution < -0.4 is 17.1 Å². The molecule has 0 aliphatic heterocycles. The molecule has 0 saturated carbocycles. The van der Waals surface area contributed by atoms with E-state index in [1.165, 1.54) is 0 Å². The molecule has 0 N–H and O–H groups in total. The Hall–Kier alpha value is -2.98. The first kappa shape index (κ1) is 18.1. The Balaban J connectivity index is 3.66. The summed E-state index contributed by atoms with van der Waals surface area (Å²) in [5, 5.41) is 0. The summed E-state index contributed by atoms with van der Waals surface area (Å²) in [6.45, 7) is -1.02. The number of rotatable bonds is 6. The highest BCUT2D eigenvalue weighted by Gasteiger charge is 2.20. The average Bonchev–Trinajstić information content (AvgIpc) is 2.51. The molecule has 0 unspecified atom stereocenters. The van der Waals surface area contributed by atoms with Gasteiger partial charge < -0.3 is 9.47 Å². The van der Waals surface area contributed by atoms with E-state index in [9.17, 15) is 28.8 Å². The molecule has 1 aromatic rings. The molecule has 23 heavy (non-hydrogen) atoms. The summed E-state index contributed by atoms with van der Waals surface area (Å²) in [4.78, 5) is 70.3. The molecule has 0 aliphatic rings. The van der Waals surface area contributed by atoms with Crippen LogP contribution in [0.1, 0.15) is 6.92 Å². The first-order valence-electron chi connectivity index (χ1n) is 6.30. The molecular formula is C12H15N3O8. The van der Waals surface area contributed by atoms with Crippen LogP contribution in [0.3, 0.4) is 0 Å². The summed E-state index contributed by atoms with van der Waals surface area (Å²) < 4.78 is 9.99. The minimum Gasteiger partial charge on any atom is -0.468 e. The molecule has 0 amide bonds.